The number of thiazole rings is 1. The van der Waals surface area contributed by atoms with Crippen LogP contribution < -0.4 is 5.32 Å². The zero-order valence-corrected chi connectivity index (χ0v) is 14.7. The highest BCUT2D eigenvalue weighted by atomic mass is 32.1. The largest absolute Gasteiger partial charge is 0.466 e. The fourth-order valence-electron chi connectivity index (χ4n) is 2.66. The summed E-state index contributed by atoms with van der Waals surface area (Å²) < 4.78 is 4.90. The van der Waals surface area contributed by atoms with E-state index in [1.165, 1.54) is 24.2 Å². The maximum atomic E-state index is 12.4. The summed E-state index contributed by atoms with van der Waals surface area (Å²) in [6.07, 6.45) is 4.93. The Morgan fingerprint density at radius 1 is 1.35 bits per heavy atom. The van der Waals surface area contributed by atoms with Gasteiger partial charge in [0.25, 0.3) is 0 Å². The third-order valence-electron chi connectivity index (χ3n) is 3.98. The van der Waals surface area contributed by atoms with Crippen LogP contribution in [0.25, 0.3) is 0 Å². The van der Waals surface area contributed by atoms with Crippen molar-refractivity contribution in [2.75, 3.05) is 25.0 Å². The normalized spacial score (nSPS) is 17.3. The SMILES string of the molecule is CCOC(=O)Cc1csc(NC(=O)C(C)N2CCCCCC2)n1. The van der Waals surface area contributed by atoms with Crippen molar-refractivity contribution in [3.63, 3.8) is 0 Å². The Labute approximate surface area is 141 Å². The highest BCUT2D eigenvalue weighted by molar-refractivity contribution is 7.13. The van der Waals surface area contributed by atoms with E-state index in [-0.39, 0.29) is 24.3 Å². The maximum absolute atomic E-state index is 12.4. The first-order valence-corrected chi connectivity index (χ1v) is 9.13. The first kappa shape index (κ1) is 17.9. The van der Waals surface area contributed by atoms with Crippen LogP contribution in [0.3, 0.4) is 0 Å². The number of anilines is 1. The Hall–Kier alpha value is -1.47. The quantitative estimate of drug-likeness (QED) is 0.806. The van der Waals surface area contributed by atoms with E-state index in [1.807, 2.05) is 6.92 Å². The Bertz CT molecular complexity index is 524. The zero-order chi connectivity index (χ0) is 16.7. The molecule has 2 rings (SSSR count). The van der Waals surface area contributed by atoms with Crippen LogP contribution in [0.1, 0.15) is 45.2 Å². The van der Waals surface area contributed by atoms with Gasteiger partial charge in [-0.2, -0.15) is 0 Å². The molecule has 1 unspecified atom stereocenters. The average Bonchev–Trinajstić information content (AvgIpc) is 2.78. The lowest BCUT2D eigenvalue weighted by Gasteiger charge is -2.26. The summed E-state index contributed by atoms with van der Waals surface area (Å²) in [4.78, 5) is 30.3. The molecular formula is C16H25N3O3S. The minimum absolute atomic E-state index is 0.0380. The van der Waals surface area contributed by atoms with E-state index in [4.69, 9.17) is 4.74 Å². The summed E-state index contributed by atoms with van der Waals surface area (Å²) in [5.74, 6) is -0.336. The second-order valence-electron chi connectivity index (χ2n) is 5.74. The smallest absolute Gasteiger partial charge is 0.311 e. The van der Waals surface area contributed by atoms with Crippen molar-refractivity contribution in [2.24, 2.45) is 0 Å². The molecule has 6 nitrogen and oxygen atoms in total. The van der Waals surface area contributed by atoms with Crippen LogP contribution in [0, 0.1) is 0 Å². The van der Waals surface area contributed by atoms with Gasteiger partial charge in [0, 0.05) is 5.38 Å². The molecule has 0 aliphatic carbocycles. The number of amides is 1. The lowest BCUT2D eigenvalue weighted by atomic mass is 10.2. The van der Waals surface area contributed by atoms with Crippen LogP contribution in [-0.4, -0.2) is 47.5 Å². The van der Waals surface area contributed by atoms with Gasteiger partial charge in [0.2, 0.25) is 5.91 Å². The third-order valence-corrected chi connectivity index (χ3v) is 4.79. The van der Waals surface area contributed by atoms with E-state index in [0.29, 0.717) is 17.4 Å². The molecule has 1 aliphatic rings. The molecule has 2 heterocycles. The molecule has 1 aromatic rings. The number of hydrogen-bond donors (Lipinski definition) is 1. The molecule has 1 N–H and O–H groups in total. The van der Waals surface area contributed by atoms with Gasteiger partial charge >= 0.3 is 5.97 Å². The highest BCUT2D eigenvalue weighted by Gasteiger charge is 2.23. The minimum atomic E-state index is -0.298. The molecule has 0 aromatic carbocycles. The van der Waals surface area contributed by atoms with Gasteiger partial charge in [0.15, 0.2) is 5.13 Å². The molecule has 1 aromatic heterocycles. The molecule has 1 saturated heterocycles. The summed E-state index contributed by atoms with van der Waals surface area (Å²) in [6, 6.07) is -0.162. The van der Waals surface area contributed by atoms with Crippen molar-refractivity contribution in [2.45, 2.75) is 52.0 Å². The Morgan fingerprint density at radius 3 is 2.70 bits per heavy atom. The van der Waals surface area contributed by atoms with Crippen LogP contribution in [0.4, 0.5) is 5.13 Å². The number of hydrogen-bond acceptors (Lipinski definition) is 6. The van der Waals surface area contributed by atoms with Crippen LogP contribution in [0.2, 0.25) is 0 Å². The van der Waals surface area contributed by atoms with Gasteiger partial charge in [-0.05, 0) is 39.8 Å². The first-order valence-electron chi connectivity index (χ1n) is 8.25. The van der Waals surface area contributed by atoms with Crippen molar-refractivity contribution in [3.8, 4) is 0 Å². The van der Waals surface area contributed by atoms with Gasteiger partial charge in [-0.1, -0.05) is 12.8 Å². The van der Waals surface area contributed by atoms with Crippen molar-refractivity contribution in [1.29, 1.82) is 0 Å². The average molecular weight is 339 g/mol. The number of esters is 1. The fraction of sp³-hybridized carbons (Fsp3) is 0.688. The summed E-state index contributed by atoms with van der Waals surface area (Å²) in [5, 5.41) is 5.18. The van der Waals surface area contributed by atoms with E-state index in [1.54, 1.807) is 12.3 Å². The van der Waals surface area contributed by atoms with E-state index in [9.17, 15) is 9.59 Å². The molecule has 0 saturated carbocycles. The van der Waals surface area contributed by atoms with E-state index >= 15 is 0 Å². The zero-order valence-electron chi connectivity index (χ0n) is 13.8. The number of carbonyl (C=O) groups excluding carboxylic acids is 2. The number of carbonyl (C=O) groups is 2. The second-order valence-corrected chi connectivity index (χ2v) is 6.60. The second kappa shape index (κ2) is 8.98. The molecule has 128 valence electrons. The predicted molar refractivity (Wildman–Crippen MR) is 90.6 cm³/mol. The van der Waals surface area contributed by atoms with Crippen LogP contribution in [0.5, 0.6) is 0 Å². The number of nitrogens with zero attached hydrogens (tertiary/aromatic N) is 2. The summed E-state index contributed by atoms with van der Waals surface area (Å²) in [6.45, 7) is 6.02. The predicted octanol–water partition coefficient (Wildman–Crippen LogP) is 2.45. The number of rotatable bonds is 6. The van der Waals surface area contributed by atoms with Gasteiger partial charge in [-0.3, -0.25) is 14.5 Å². The topological polar surface area (TPSA) is 71.5 Å². The molecule has 1 amide bonds. The lowest BCUT2D eigenvalue weighted by molar-refractivity contribution is -0.142. The van der Waals surface area contributed by atoms with Crippen molar-refractivity contribution in [3.05, 3.63) is 11.1 Å². The number of aromatic nitrogens is 1. The summed E-state index contributed by atoms with van der Waals surface area (Å²) in [7, 11) is 0. The van der Waals surface area contributed by atoms with Gasteiger partial charge in [-0.25, -0.2) is 4.98 Å². The summed E-state index contributed by atoms with van der Waals surface area (Å²) in [5.41, 5.74) is 0.631. The molecule has 1 fully saturated rings. The lowest BCUT2D eigenvalue weighted by Crippen LogP contribution is -2.42. The van der Waals surface area contributed by atoms with Crippen molar-refractivity contribution >= 4 is 28.3 Å². The molecule has 1 atom stereocenters. The van der Waals surface area contributed by atoms with Gasteiger partial charge in [0.05, 0.1) is 24.8 Å². The molecule has 0 radical (unpaired) electrons. The summed E-state index contributed by atoms with van der Waals surface area (Å²) >= 11 is 1.34. The molecule has 23 heavy (non-hydrogen) atoms. The molecular weight excluding hydrogens is 314 g/mol. The van der Waals surface area contributed by atoms with E-state index in [2.05, 4.69) is 15.2 Å². The first-order chi connectivity index (χ1) is 11.1. The van der Waals surface area contributed by atoms with Crippen molar-refractivity contribution < 1.29 is 14.3 Å². The monoisotopic (exact) mass is 339 g/mol. The highest BCUT2D eigenvalue weighted by Crippen LogP contribution is 2.18. The fourth-order valence-corrected chi connectivity index (χ4v) is 3.38. The molecule has 7 heteroatoms. The third kappa shape index (κ3) is 5.58. The number of nitrogens with one attached hydrogen (secondary N) is 1. The van der Waals surface area contributed by atoms with Crippen LogP contribution in [0.15, 0.2) is 5.38 Å². The van der Waals surface area contributed by atoms with Gasteiger partial charge < -0.3 is 10.1 Å². The molecule has 0 bridgehead atoms. The van der Waals surface area contributed by atoms with E-state index < -0.39 is 0 Å². The Kier molecular flexibility index (Phi) is 6.98. The van der Waals surface area contributed by atoms with Crippen LogP contribution >= 0.6 is 11.3 Å². The van der Waals surface area contributed by atoms with Crippen molar-refractivity contribution in [1.82, 2.24) is 9.88 Å². The number of ether oxygens (including phenoxy) is 1. The standard InChI is InChI=1S/C16H25N3O3S/c1-3-22-14(20)10-13-11-23-16(17-13)18-15(21)12(2)19-8-6-4-5-7-9-19/h11-12H,3-10H2,1-2H3,(H,17,18,21). The minimum Gasteiger partial charge on any atom is -0.466 e. The Morgan fingerprint density at radius 2 is 2.04 bits per heavy atom. The van der Waals surface area contributed by atoms with Gasteiger partial charge in [-0.15, -0.1) is 11.3 Å². The Balaban J connectivity index is 1.87. The van der Waals surface area contributed by atoms with Crippen LogP contribution in [-0.2, 0) is 20.7 Å². The number of likely N-dealkylation sites (tertiary alicyclic amines) is 1. The maximum Gasteiger partial charge on any atom is 0.311 e. The van der Waals surface area contributed by atoms with Gasteiger partial charge in [0.1, 0.15) is 0 Å². The van der Waals surface area contributed by atoms with E-state index in [0.717, 1.165) is 25.9 Å². The molecule has 1 aliphatic heterocycles. The molecule has 0 spiro atoms.